The van der Waals surface area contributed by atoms with Crippen molar-refractivity contribution >= 4 is 0 Å². The number of tetrazole rings is 1. The summed E-state index contributed by atoms with van der Waals surface area (Å²) in [4.78, 5) is 4.92. The zero-order valence-electron chi connectivity index (χ0n) is 17.0. The van der Waals surface area contributed by atoms with E-state index in [0.29, 0.717) is 6.54 Å². The summed E-state index contributed by atoms with van der Waals surface area (Å²) < 4.78 is 15.1. The highest BCUT2D eigenvalue weighted by Gasteiger charge is 2.30. The van der Waals surface area contributed by atoms with Crippen LogP contribution in [0.1, 0.15) is 35.5 Å². The van der Waals surface area contributed by atoms with Crippen LogP contribution in [0, 0.1) is 12.7 Å². The van der Waals surface area contributed by atoms with Gasteiger partial charge in [0.2, 0.25) is 0 Å². The van der Waals surface area contributed by atoms with Crippen LogP contribution in [0.15, 0.2) is 48.5 Å². The van der Waals surface area contributed by atoms with Gasteiger partial charge in [0.25, 0.3) is 0 Å². The Hall–Kier alpha value is -2.64. The van der Waals surface area contributed by atoms with Gasteiger partial charge in [-0.1, -0.05) is 48.9 Å². The van der Waals surface area contributed by atoms with E-state index in [2.05, 4.69) is 63.4 Å². The Morgan fingerprint density at radius 2 is 1.66 bits per heavy atom. The van der Waals surface area contributed by atoms with Crippen molar-refractivity contribution in [3.05, 3.63) is 76.9 Å². The molecule has 4 rings (SSSR count). The largest absolute Gasteiger partial charge is 0.301 e. The number of likely N-dealkylation sites (N-methyl/N-ethyl adjacent to an activating group) is 1. The van der Waals surface area contributed by atoms with E-state index in [0.717, 1.165) is 44.1 Å². The van der Waals surface area contributed by atoms with Crippen LogP contribution in [0.4, 0.5) is 4.39 Å². The summed E-state index contributed by atoms with van der Waals surface area (Å²) in [5, 5.41) is 12.6. The van der Waals surface area contributed by atoms with E-state index < -0.39 is 0 Å². The average molecular weight is 394 g/mol. The van der Waals surface area contributed by atoms with Gasteiger partial charge in [0, 0.05) is 26.2 Å². The molecule has 0 amide bonds. The molecule has 1 aliphatic rings. The quantitative estimate of drug-likeness (QED) is 0.643. The molecule has 1 fully saturated rings. The number of piperazine rings is 1. The topological polar surface area (TPSA) is 50.1 Å². The minimum absolute atomic E-state index is 0.00921. The van der Waals surface area contributed by atoms with Crippen molar-refractivity contribution in [2.24, 2.45) is 0 Å². The second kappa shape index (κ2) is 8.80. The second-order valence-electron chi connectivity index (χ2n) is 7.60. The van der Waals surface area contributed by atoms with Crippen molar-refractivity contribution in [3.8, 4) is 0 Å². The van der Waals surface area contributed by atoms with Crippen molar-refractivity contribution in [2.75, 3.05) is 32.7 Å². The third-order valence-electron chi connectivity index (χ3n) is 5.66. The zero-order valence-corrected chi connectivity index (χ0v) is 17.0. The first kappa shape index (κ1) is 19.7. The Morgan fingerprint density at radius 3 is 2.31 bits per heavy atom. The van der Waals surface area contributed by atoms with Gasteiger partial charge < -0.3 is 4.90 Å². The van der Waals surface area contributed by atoms with Crippen LogP contribution in [0.3, 0.4) is 0 Å². The van der Waals surface area contributed by atoms with Crippen LogP contribution >= 0.6 is 0 Å². The van der Waals surface area contributed by atoms with Crippen LogP contribution in [-0.4, -0.2) is 62.7 Å². The lowest BCUT2D eigenvalue weighted by Gasteiger charge is -2.38. The molecule has 1 aromatic heterocycles. The summed E-state index contributed by atoms with van der Waals surface area (Å²) in [6.07, 6.45) is 0. The molecule has 1 saturated heterocycles. The molecular weight excluding hydrogens is 367 g/mol. The van der Waals surface area contributed by atoms with Crippen molar-refractivity contribution in [1.29, 1.82) is 0 Å². The van der Waals surface area contributed by atoms with E-state index in [1.165, 1.54) is 23.3 Å². The Balaban J connectivity index is 1.65. The monoisotopic (exact) mass is 394 g/mol. The van der Waals surface area contributed by atoms with E-state index >= 15 is 0 Å². The van der Waals surface area contributed by atoms with Crippen molar-refractivity contribution in [2.45, 2.75) is 26.4 Å². The van der Waals surface area contributed by atoms with Crippen LogP contribution in [0.2, 0.25) is 0 Å². The molecule has 0 radical (unpaired) electrons. The van der Waals surface area contributed by atoms with Crippen LogP contribution in [0.5, 0.6) is 0 Å². The summed E-state index contributed by atoms with van der Waals surface area (Å²) in [5.74, 6) is 0.583. The highest BCUT2D eigenvalue weighted by Crippen LogP contribution is 2.28. The number of halogens is 1. The number of benzene rings is 2. The maximum absolute atomic E-state index is 13.3. The summed E-state index contributed by atoms with van der Waals surface area (Å²) in [7, 11) is 0. The maximum Gasteiger partial charge on any atom is 0.173 e. The third kappa shape index (κ3) is 4.52. The lowest BCUT2D eigenvalue weighted by atomic mass is 10.0. The molecule has 0 N–H and O–H groups in total. The molecule has 0 spiro atoms. The molecular formula is C22H27FN6. The fraction of sp³-hybridized carbons (Fsp3) is 0.409. The van der Waals surface area contributed by atoms with E-state index in [1.807, 2.05) is 4.68 Å². The SMILES string of the molecule is CCN1CCN(C(c2ccc(C)cc2)c2nnnn2Cc2ccc(F)cc2)CC1. The van der Waals surface area contributed by atoms with E-state index in [-0.39, 0.29) is 11.9 Å². The van der Waals surface area contributed by atoms with Crippen LogP contribution in [-0.2, 0) is 6.54 Å². The normalized spacial score (nSPS) is 16.8. The molecule has 1 aliphatic heterocycles. The molecule has 2 heterocycles. The summed E-state index contributed by atoms with van der Waals surface area (Å²) in [6, 6.07) is 15.1. The Bertz CT molecular complexity index is 913. The van der Waals surface area contributed by atoms with Crippen molar-refractivity contribution in [1.82, 2.24) is 30.0 Å². The van der Waals surface area contributed by atoms with Crippen molar-refractivity contribution in [3.63, 3.8) is 0 Å². The van der Waals surface area contributed by atoms with Crippen LogP contribution in [0.25, 0.3) is 0 Å². The number of nitrogens with zero attached hydrogens (tertiary/aromatic N) is 6. The molecule has 29 heavy (non-hydrogen) atoms. The Kier molecular flexibility index (Phi) is 5.97. The lowest BCUT2D eigenvalue weighted by Crippen LogP contribution is -2.48. The number of aryl methyl sites for hydroxylation is 1. The number of aromatic nitrogens is 4. The van der Waals surface area contributed by atoms with Gasteiger partial charge in [-0.05, 0) is 47.2 Å². The van der Waals surface area contributed by atoms with Gasteiger partial charge in [-0.2, -0.15) is 0 Å². The number of rotatable bonds is 6. The molecule has 0 aliphatic carbocycles. The van der Waals surface area contributed by atoms with E-state index in [1.54, 1.807) is 12.1 Å². The third-order valence-corrected chi connectivity index (χ3v) is 5.66. The molecule has 0 saturated carbocycles. The molecule has 0 bridgehead atoms. The van der Waals surface area contributed by atoms with Gasteiger partial charge in [0.05, 0.1) is 12.6 Å². The Labute approximate surface area is 170 Å². The smallest absolute Gasteiger partial charge is 0.173 e. The maximum atomic E-state index is 13.3. The first-order valence-electron chi connectivity index (χ1n) is 10.2. The predicted molar refractivity (Wildman–Crippen MR) is 110 cm³/mol. The van der Waals surface area contributed by atoms with E-state index in [4.69, 9.17) is 0 Å². The summed E-state index contributed by atoms with van der Waals surface area (Å²) in [6.45, 7) is 9.90. The Morgan fingerprint density at radius 1 is 0.966 bits per heavy atom. The molecule has 1 atom stereocenters. The van der Waals surface area contributed by atoms with Gasteiger partial charge in [-0.3, -0.25) is 4.90 Å². The highest BCUT2D eigenvalue weighted by atomic mass is 19.1. The molecule has 2 aromatic carbocycles. The standard InChI is InChI=1S/C22H27FN6/c1-3-27-12-14-28(15-13-27)21(19-8-4-17(2)5-9-19)22-24-25-26-29(22)16-18-6-10-20(23)11-7-18/h4-11,21H,3,12-16H2,1-2H3. The highest BCUT2D eigenvalue weighted by molar-refractivity contribution is 5.29. The molecule has 1 unspecified atom stereocenters. The molecule has 3 aromatic rings. The molecule has 7 heteroatoms. The van der Waals surface area contributed by atoms with Crippen LogP contribution < -0.4 is 0 Å². The van der Waals surface area contributed by atoms with Gasteiger partial charge in [0.1, 0.15) is 5.82 Å². The molecule has 152 valence electrons. The van der Waals surface area contributed by atoms with E-state index in [9.17, 15) is 4.39 Å². The first-order valence-corrected chi connectivity index (χ1v) is 10.2. The van der Waals surface area contributed by atoms with Gasteiger partial charge in [-0.15, -0.1) is 5.10 Å². The fourth-order valence-corrected chi connectivity index (χ4v) is 3.89. The second-order valence-corrected chi connectivity index (χ2v) is 7.60. The lowest BCUT2D eigenvalue weighted by molar-refractivity contribution is 0.108. The summed E-state index contributed by atoms with van der Waals surface area (Å²) in [5.41, 5.74) is 3.39. The predicted octanol–water partition coefficient (Wildman–Crippen LogP) is 2.90. The summed E-state index contributed by atoms with van der Waals surface area (Å²) >= 11 is 0. The number of hydrogen-bond acceptors (Lipinski definition) is 5. The average Bonchev–Trinajstić information content (AvgIpc) is 3.19. The zero-order chi connectivity index (χ0) is 20.2. The minimum Gasteiger partial charge on any atom is -0.301 e. The van der Waals surface area contributed by atoms with Gasteiger partial charge in [0.15, 0.2) is 5.82 Å². The van der Waals surface area contributed by atoms with Gasteiger partial charge >= 0.3 is 0 Å². The number of hydrogen-bond donors (Lipinski definition) is 0. The fourth-order valence-electron chi connectivity index (χ4n) is 3.89. The molecule has 6 nitrogen and oxygen atoms in total. The first-order chi connectivity index (χ1) is 14.1. The van der Waals surface area contributed by atoms with Crippen molar-refractivity contribution < 1.29 is 4.39 Å². The minimum atomic E-state index is -0.239. The van der Waals surface area contributed by atoms with Gasteiger partial charge in [-0.25, -0.2) is 9.07 Å².